The second-order valence-corrected chi connectivity index (χ2v) is 9.48. The zero-order valence-electron chi connectivity index (χ0n) is 14.8. The van der Waals surface area contributed by atoms with Crippen molar-refractivity contribution in [3.63, 3.8) is 0 Å². The molecule has 0 aromatic rings. The Morgan fingerprint density at radius 1 is 0.818 bits per heavy atom. The zero-order valence-corrected chi connectivity index (χ0v) is 15.6. The van der Waals surface area contributed by atoms with Gasteiger partial charge in [0, 0.05) is 10.5 Å². The van der Waals surface area contributed by atoms with Crippen molar-refractivity contribution < 1.29 is 5.11 Å². The maximum absolute atomic E-state index is 10.9. The molecule has 0 aliphatic carbocycles. The van der Waals surface area contributed by atoms with E-state index in [9.17, 15) is 5.11 Å². The molecule has 1 nitrogen and oxygen atoms in total. The summed E-state index contributed by atoms with van der Waals surface area (Å²) in [6.45, 7) is 2.28. The standard InChI is InChI=1S/C20H38OS/c1-2-3-4-5-6-7-8-9-10-11-15-20(21)16-18-13-12-14-19(17-20)22-18/h18-19,21H,2-17H2,1H3. The molecule has 2 saturated heterocycles. The Morgan fingerprint density at radius 2 is 1.32 bits per heavy atom. The van der Waals surface area contributed by atoms with E-state index in [0.29, 0.717) is 0 Å². The summed E-state index contributed by atoms with van der Waals surface area (Å²) in [4.78, 5) is 0. The maximum atomic E-state index is 10.9. The second-order valence-electron chi connectivity index (χ2n) is 7.88. The Labute approximate surface area is 143 Å². The number of thioether (sulfide) groups is 1. The molecule has 0 radical (unpaired) electrons. The molecule has 1 N–H and O–H groups in total. The Hall–Kier alpha value is 0.310. The largest absolute Gasteiger partial charge is 0.390 e. The SMILES string of the molecule is CCCCCCCCCCCCC1(O)CC2CCCC(C1)S2. The normalized spacial score (nSPS) is 31.4. The molecule has 2 heterocycles. The van der Waals surface area contributed by atoms with Crippen LogP contribution in [0.25, 0.3) is 0 Å². The minimum atomic E-state index is -0.304. The summed E-state index contributed by atoms with van der Waals surface area (Å²) in [5.74, 6) is 0. The van der Waals surface area contributed by atoms with Crippen LogP contribution in [-0.4, -0.2) is 21.2 Å². The van der Waals surface area contributed by atoms with Gasteiger partial charge in [0.2, 0.25) is 0 Å². The first-order valence-electron chi connectivity index (χ1n) is 10.1. The fourth-order valence-electron chi connectivity index (χ4n) is 4.36. The highest BCUT2D eigenvalue weighted by atomic mass is 32.2. The molecule has 0 aromatic carbocycles. The predicted molar refractivity (Wildman–Crippen MR) is 99.7 cm³/mol. The van der Waals surface area contributed by atoms with E-state index in [0.717, 1.165) is 29.8 Å². The first-order chi connectivity index (χ1) is 10.7. The Balaban J connectivity index is 1.46. The van der Waals surface area contributed by atoms with Crippen molar-refractivity contribution in [2.45, 2.75) is 126 Å². The Kier molecular flexibility index (Phi) is 8.67. The molecule has 22 heavy (non-hydrogen) atoms. The highest BCUT2D eigenvalue weighted by Gasteiger charge is 2.40. The molecule has 2 heteroatoms. The van der Waals surface area contributed by atoms with Crippen LogP contribution in [-0.2, 0) is 0 Å². The molecule has 2 fully saturated rings. The lowest BCUT2D eigenvalue weighted by molar-refractivity contribution is 0.00235. The average Bonchev–Trinajstić information content (AvgIpc) is 2.48. The summed E-state index contributed by atoms with van der Waals surface area (Å²) >= 11 is 2.17. The molecule has 0 amide bonds. The van der Waals surface area contributed by atoms with E-state index in [2.05, 4.69) is 18.7 Å². The van der Waals surface area contributed by atoms with E-state index in [-0.39, 0.29) is 5.60 Å². The van der Waals surface area contributed by atoms with E-state index in [1.54, 1.807) is 0 Å². The van der Waals surface area contributed by atoms with Crippen molar-refractivity contribution in [2.24, 2.45) is 0 Å². The van der Waals surface area contributed by atoms with Gasteiger partial charge in [0.05, 0.1) is 5.60 Å². The van der Waals surface area contributed by atoms with Gasteiger partial charge in [-0.3, -0.25) is 0 Å². The fourth-order valence-corrected chi connectivity index (χ4v) is 6.32. The first kappa shape index (κ1) is 18.6. The third-order valence-corrected chi connectivity index (χ3v) is 7.22. The Morgan fingerprint density at radius 3 is 1.86 bits per heavy atom. The van der Waals surface area contributed by atoms with E-state index < -0.39 is 0 Å². The lowest BCUT2D eigenvalue weighted by Crippen LogP contribution is -2.42. The topological polar surface area (TPSA) is 20.2 Å². The first-order valence-corrected chi connectivity index (χ1v) is 11.0. The highest BCUT2D eigenvalue weighted by molar-refractivity contribution is 8.00. The molecule has 2 bridgehead atoms. The summed E-state index contributed by atoms with van der Waals surface area (Å²) in [6, 6.07) is 0. The van der Waals surface area contributed by atoms with E-state index in [1.807, 2.05) is 0 Å². The van der Waals surface area contributed by atoms with Crippen LogP contribution in [0.3, 0.4) is 0 Å². The predicted octanol–water partition coefficient (Wildman–Crippen LogP) is 6.48. The van der Waals surface area contributed by atoms with Crippen molar-refractivity contribution in [2.75, 3.05) is 0 Å². The Bertz CT molecular complexity index is 279. The fraction of sp³-hybridized carbons (Fsp3) is 1.00. The second kappa shape index (κ2) is 10.2. The molecular formula is C20H38OS. The molecule has 0 saturated carbocycles. The summed E-state index contributed by atoms with van der Waals surface area (Å²) in [6.07, 6.45) is 21.2. The molecule has 2 unspecified atom stereocenters. The van der Waals surface area contributed by atoms with E-state index >= 15 is 0 Å². The third-order valence-electron chi connectivity index (χ3n) is 5.65. The summed E-state index contributed by atoms with van der Waals surface area (Å²) in [5.41, 5.74) is -0.304. The van der Waals surface area contributed by atoms with Gasteiger partial charge in [-0.15, -0.1) is 0 Å². The van der Waals surface area contributed by atoms with Gasteiger partial charge in [-0.1, -0.05) is 77.6 Å². The average molecular weight is 327 g/mol. The minimum absolute atomic E-state index is 0.304. The number of hydrogen-bond donors (Lipinski definition) is 1. The number of unbranched alkanes of at least 4 members (excludes halogenated alkanes) is 9. The van der Waals surface area contributed by atoms with E-state index in [1.165, 1.54) is 83.5 Å². The molecule has 2 rings (SSSR count). The third kappa shape index (κ3) is 6.83. The molecule has 130 valence electrons. The van der Waals surface area contributed by atoms with Crippen molar-refractivity contribution >= 4 is 11.8 Å². The monoisotopic (exact) mass is 326 g/mol. The summed E-state index contributed by atoms with van der Waals surface area (Å²) in [7, 11) is 0. The maximum Gasteiger partial charge on any atom is 0.0668 e. The number of fused-ring (bicyclic) bond motifs is 2. The van der Waals surface area contributed by atoms with Gasteiger partial charge in [0.25, 0.3) is 0 Å². The van der Waals surface area contributed by atoms with Crippen LogP contribution in [0.2, 0.25) is 0 Å². The van der Waals surface area contributed by atoms with Crippen LogP contribution in [0.15, 0.2) is 0 Å². The van der Waals surface area contributed by atoms with Crippen LogP contribution in [0.1, 0.15) is 110 Å². The van der Waals surface area contributed by atoms with Gasteiger partial charge in [0.1, 0.15) is 0 Å². The lowest BCUT2D eigenvalue weighted by atomic mass is 9.82. The van der Waals surface area contributed by atoms with Crippen molar-refractivity contribution in [1.29, 1.82) is 0 Å². The molecule has 2 aliphatic heterocycles. The minimum Gasteiger partial charge on any atom is -0.390 e. The van der Waals surface area contributed by atoms with Gasteiger partial charge < -0.3 is 5.11 Å². The molecular weight excluding hydrogens is 288 g/mol. The van der Waals surface area contributed by atoms with Gasteiger partial charge in [-0.05, 0) is 32.1 Å². The quantitative estimate of drug-likeness (QED) is 0.439. The highest BCUT2D eigenvalue weighted by Crippen LogP contribution is 2.47. The zero-order chi connectivity index (χ0) is 15.7. The van der Waals surface area contributed by atoms with Crippen LogP contribution in [0.5, 0.6) is 0 Å². The molecule has 0 aromatic heterocycles. The summed E-state index contributed by atoms with van der Waals surface area (Å²) < 4.78 is 0. The van der Waals surface area contributed by atoms with E-state index in [4.69, 9.17) is 0 Å². The van der Waals surface area contributed by atoms with Gasteiger partial charge in [-0.25, -0.2) is 0 Å². The van der Waals surface area contributed by atoms with Crippen LogP contribution in [0.4, 0.5) is 0 Å². The van der Waals surface area contributed by atoms with Gasteiger partial charge >= 0.3 is 0 Å². The lowest BCUT2D eigenvalue weighted by Gasteiger charge is -2.44. The van der Waals surface area contributed by atoms with Crippen molar-refractivity contribution in [3.8, 4) is 0 Å². The van der Waals surface area contributed by atoms with Gasteiger partial charge in [0.15, 0.2) is 0 Å². The number of rotatable bonds is 11. The molecule has 0 spiro atoms. The summed E-state index contributed by atoms with van der Waals surface area (Å²) in [5, 5.41) is 12.4. The van der Waals surface area contributed by atoms with Gasteiger partial charge in [-0.2, -0.15) is 11.8 Å². The number of hydrogen-bond acceptors (Lipinski definition) is 2. The molecule has 2 aliphatic rings. The smallest absolute Gasteiger partial charge is 0.0668 e. The van der Waals surface area contributed by atoms with Crippen LogP contribution in [0, 0.1) is 0 Å². The molecule has 2 atom stereocenters. The van der Waals surface area contributed by atoms with Crippen molar-refractivity contribution in [1.82, 2.24) is 0 Å². The van der Waals surface area contributed by atoms with Crippen LogP contribution >= 0.6 is 11.8 Å². The van der Waals surface area contributed by atoms with Crippen molar-refractivity contribution in [3.05, 3.63) is 0 Å². The van der Waals surface area contributed by atoms with Crippen LogP contribution < -0.4 is 0 Å². The number of aliphatic hydroxyl groups is 1.